The maximum Gasteiger partial charge on any atom is 0.243 e. The molecule has 15 heavy (non-hydrogen) atoms. The maximum atomic E-state index is 11.4. The molecule has 5 heteroatoms. The Kier molecular flexibility index (Phi) is 1.85. The minimum Gasteiger partial charge on any atom is -0.273 e. The van der Waals surface area contributed by atoms with E-state index in [1.54, 1.807) is 23.2 Å². The Balaban J connectivity index is 2.09. The van der Waals surface area contributed by atoms with Gasteiger partial charge in [-0.1, -0.05) is 11.8 Å². The first-order chi connectivity index (χ1) is 7.34. The highest BCUT2D eigenvalue weighted by Gasteiger charge is 2.22. The van der Waals surface area contributed by atoms with E-state index in [2.05, 4.69) is 9.97 Å². The van der Waals surface area contributed by atoms with Crippen molar-refractivity contribution in [3.63, 3.8) is 0 Å². The Morgan fingerprint density at radius 1 is 1.47 bits per heavy atom. The summed E-state index contributed by atoms with van der Waals surface area (Å²) in [5.74, 6) is 0.591. The van der Waals surface area contributed by atoms with Crippen LogP contribution in [0.5, 0.6) is 0 Å². The molecule has 0 radical (unpaired) electrons. The number of carbonyl (C=O) groups is 1. The van der Waals surface area contributed by atoms with Crippen LogP contribution in [0.3, 0.4) is 0 Å². The summed E-state index contributed by atoms with van der Waals surface area (Å²) in [6.07, 6.45) is 5.23. The molecular formula is C10H7N3OS. The molecule has 0 amide bonds. The van der Waals surface area contributed by atoms with Crippen molar-refractivity contribution in [2.24, 2.45) is 0 Å². The van der Waals surface area contributed by atoms with Crippen LogP contribution >= 0.6 is 11.8 Å². The van der Waals surface area contributed by atoms with Crippen LogP contribution in [-0.2, 0) is 0 Å². The average molecular weight is 217 g/mol. The molecule has 1 aliphatic rings. The van der Waals surface area contributed by atoms with E-state index in [0.29, 0.717) is 5.75 Å². The molecule has 0 saturated carbocycles. The van der Waals surface area contributed by atoms with Gasteiger partial charge in [-0.25, -0.2) is 4.98 Å². The van der Waals surface area contributed by atoms with Crippen LogP contribution in [0.2, 0.25) is 0 Å². The molecular weight excluding hydrogens is 210 g/mol. The normalized spacial score (nSPS) is 14.3. The molecule has 0 unspecified atom stereocenters. The van der Waals surface area contributed by atoms with Crippen molar-refractivity contribution in [3.8, 4) is 11.3 Å². The van der Waals surface area contributed by atoms with Crippen LogP contribution in [0.25, 0.3) is 11.3 Å². The van der Waals surface area contributed by atoms with Crippen molar-refractivity contribution in [2.75, 3.05) is 5.75 Å². The second kappa shape index (κ2) is 3.20. The highest BCUT2D eigenvalue weighted by Crippen LogP contribution is 2.28. The van der Waals surface area contributed by atoms with Crippen molar-refractivity contribution in [1.29, 1.82) is 0 Å². The monoisotopic (exact) mass is 217 g/mol. The van der Waals surface area contributed by atoms with Gasteiger partial charge in [0.25, 0.3) is 0 Å². The molecule has 3 rings (SSSR count). The Morgan fingerprint density at radius 2 is 2.40 bits per heavy atom. The zero-order valence-corrected chi connectivity index (χ0v) is 8.57. The molecule has 0 bridgehead atoms. The third-order valence-corrected chi connectivity index (χ3v) is 3.16. The number of pyridine rings is 1. The molecule has 0 N–H and O–H groups in total. The number of carbonyl (C=O) groups excluding carboxylic acids is 1. The SMILES string of the molecule is O=C1CSc2nc(-c3cccnc3)cn21. The molecule has 0 aliphatic carbocycles. The molecule has 74 valence electrons. The van der Waals surface area contributed by atoms with Gasteiger partial charge >= 0.3 is 0 Å². The number of hydrogen-bond acceptors (Lipinski definition) is 4. The van der Waals surface area contributed by atoms with Crippen molar-refractivity contribution >= 4 is 17.7 Å². The lowest BCUT2D eigenvalue weighted by Crippen LogP contribution is -2.04. The first-order valence-corrected chi connectivity index (χ1v) is 5.49. The summed E-state index contributed by atoms with van der Waals surface area (Å²) in [5.41, 5.74) is 1.74. The van der Waals surface area contributed by atoms with E-state index >= 15 is 0 Å². The Hall–Kier alpha value is -1.62. The molecule has 4 nitrogen and oxygen atoms in total. The highest BCUT2D eigenvalue weighted by atomic mass is 32.2. The molecule has 1 aliphatic heterocycles. The van der Waals surface area contributed by atoms with Gasteiger partial charge in [0, 0.05) is 24.2 Å². The third-order valence-electron chi connectivity index (χ3n) is 2.22. The number of nitrogens with zero attached hydrogens (tertiary/aromatic N) is 3. The van der Waals surface area contributed by atoms with Crippen molar-refractivity contribution < 1.29 is 4.79 Å². The Bertz CT molecular complexity index is 521. The topological polar surface area (TPSA) is 47.8 Å². The molecule has 0 fully saturated rings. The summed E-state index contributed by atoms with van der Waals surface area (Å²) in [7, 11) is 0. The van der Waals surface area contributed by atoms with Crippen molar-refractivity contribution in [3.05, 3.63) is 30.7 Å². The van der Waals surface area contributed by atoms with Crippen molar-refractivity contribution in [1.82, 2.24) is 14.5 Å². The lowest BCUT2D eigenvalue weighted by molar-refractivity contribution is 0.0939. The van der Waals surface area contributed by atoms with E-state index in [0.717, 1.165) is 16.4 Å². The van der Waals surface area contributed by atoms with E-state index < -0.39 is 0 Å². The molecule has 0 spiro atoms. The van der Waals surface area contributed by atoms with Gasteiger partial charge in [0.15, 0.2) is 5.16 Å². The zero-order valence-electron chi connectivity index (χ0n) is 7.75. The van der Waals surface area contributed by atoms with Crippen LogP contribution in [-0.4, -0.2) is 26.2 Å². The Morgan fingerprint density at radius 3 is 3.13 bits per heavy atom. The first kappa shape index (κ1) is 8.67. The fourth-order valence-corrected chi connectivity index (χ4v) is 2.34. The number of rotatable bonds is 1. The summed E-state index contributed by atoms with van der Waals surface area (Å²) in [6.45, 7) is 0. The van der Waals surface area contributed by atoms with Gasteiger partial charge in [0.2, 0.25) is 5.91 Å². The summed E-state index contributed by atoms with van der Waals surface area (Å²) >= 11 is 1.47. The molecule has 0 atom stereocenters. The standard InChI is InChI=1S/C10H7N3OS/c14-9-6-15-10-12-8(5-13(9)10)7-2-1-3-11-4-7/h1-5H,6H2. The lowest BCUT2D eigenvalue weighted by atomic mass is 10.2. The summed E-state index contributed by atoms with van der Waals surface area (Å²) in [6, 6.07) is 3.79. The van der Waals surface area contributed by atoms with Crippen LogP contribution < -0.4 is 0 Å². The number of hydrogen-bond donors (Lipinski definition) is 0. The van der Waals surface area contributed by atoms with Gasteiger partial charge in [-0.05, 0) is 12.1 Å². The van der Waals surface area contributed by atoms with E-state index in [-0.39, 0.29) is 5.91 Å². The summed E-state index contributed by atoms with van der Waals surface area (Å²) < 4.78 is 1.60. The third kappa shape index (κ3) is 1.35. The van der Waals surface area contributed by atoms with Crippen LogP contribution in [0.4, 0.5) is 0 Å². The van der Waals surface area contributed by atoms with E-state index in [1.165, 1.54) is 11.8 Å². The summed E-state index contributed by atoms with van der Waals surface area (Å²) in [5, 5.41) is 0.777. The minimum atomic E-state index is 0.0950. The summed E-state index contributed by atoms with van der Waals surface area (Å²) in [4.78, 5) is 19.8. The fourth-order valence-electron chi connectivity index (χ4n) is 1.49. The smallest absolute Gasteiger partial charge is 0.243 e. The second-order valence-corrected chi connectivity index (χ2v) is 4.15. The van der Waals surface area contributed by atoms with Crippen LogP contribution in [0, 0.1) is 0 Å². The maximum absolute atomic E-state index is 11.4. The quantitative estimate of drug-likeness (QED) is 0.729. The lowest BCUT2D eigenvalue weighted by Gasteiger charge is -1.93. The average Bonchev–Trinajstić information content (AvgIpc) is 2.83. The van der Waals surface area contributed by atoms with Gasteiger partial charge in [0.1, 0.15) is 0 Å². The molecule has 2 aromatic rings. The number of aromatic nitrogens is 3. The second-order valence-electron chi connectivity index (χ2n) is 3.20. The van der Waals surface area contributed by atoms with Gasteiger partial charge < -0.3 is 0 Å². The number of fused-ring (bicyclic) bond motifs is 1. The van der Waals surface area contributed by atoms with Gasteiger partial charge in [-0.2, -0.15) is 0 Å². The largest absolute Gasteiger partial charge is 0.273 e. The van der Waals surface area contributed by atoms with Crippen molar-refractivity contribution in [2.45, 2.75) is 5.16 Å². The molecule has 0 saturated heterocycles. The molecule has 0 aromatic carbocycles. The zero-order chi connectivity index (χ0) is 10.3. The van der Waals surface area contributed by atoms with E-state index in [4.69, 9.17) is 0 Å². The van der Waals surface area contributed by atoms with Gasteiger partial charge in [-0.15, -0.1) is 0 Å². The molecule has 2 aromatic heterocycles. The predicted molar refractivity (Wildman–Crippen MR) is 56.8 cm³/mol. The number of imidazole rings is 1. The fraction of sp³-hybridized carbons (Fsp3) is 0.100. The Labute approximate surface area is 90.4 Å². The van der Waals surface area contributed by atoms with E-state index in [9.17, 15) is 4.79 Å². The van der Waals surface area contributed by atoms with Gasteiger partial charge in [-0.3, -0.25) is 14.3 Å². The molecule has 3 heterocycles. The highest BCUT2D eigenvalue weighted by molar-refractivity contribution is 8.00. The number of thioether (sulfide) groups is 1. The van der Waals surface area contributed by atoms with E-state index in [1.807, 2.05) is 12.1 Å². The predicted octanol–water partition coefficient (Wildman–Crippen LogP) is 1.69. The van der Waals surface area contributed by atoms with Crippen LogP contribution in [0.1, 0.15) is 4.79 Å². The van der Waals surface area contributed by atoms with Crippen LogP contribution in [0.15, 0.2) is 35.9 Å². The first-order valence-electron chi connectivity index (χ1n) is 4.50. The van der Waals surface area contributed by atoms with Gasteiger partial charge in [0.05, 0.1) is 11.4 Å². The minimum absolute atomic E-state index is 0.0950.